The minimum absolute atomic E-state index is 0.0833. The number of nitrogens with zero attached hydrogens (tertiary/aromatic N) is 1. The SMILES string of the molecule is CC(C)CN(CC(O)C(Cc1ccccc1)NC(=O)C(C)CS(=O)CCc1ccccc1)S(C)(=O)=O. The van der Waals surface area contributed by atoms with Crippen LogP contribution in [0.1, 0.15) is 31.9 Å². The van der Waals surface area contributed by atoms with Gasteiger partial charge in [-0.15, -0.1) is 0 Å². The number of nitrogens with one attached hydrogen (secondary N) is 1. The highest BCUT2D eigenvalue weighted by molar-refractivity contribution is 7.88. The van der Waals surface area contributed by atoms with Crippen molar-refractivity contribution in [3.63, 3.8) is 0 Å². The minimum Gasteiger partial charge on any atom is -0.390 e. The summed E-state index contributed by atoms with van der Waals surface area (Å²) in [6.45, 7) is 5.70. The minimum atomic E-state index is -3.53. The first-order valence-corrected chi connectivity index (χ1v) is 15.7. The molecule has 0 fully saturated rings. The number of aliphatic hydroxyl groups excluding tert-OH is 1. The molecule has 4 atom stereocenters. The van der Waals surface area contributed by atoms with Gasteiger partial charge in [-0.05, 0) is 29.9 Å². The summed E-state index contributed by atoms with van der Waals surface area (Å²) in [5.41, 5.74) is 2.02. The fraction of sp³-hybridized carbons (Fsp3) is 0.519. The molecule has 4 unspecified atom stereocenters. The Hall–Kier alpha value is -2.07. The summed E-state index contributed by atoms with van der Waals surface area (Å²) < 4.78 is 38.5. The molecule has 9 heteroatoms. The van der Waals surface area contributed by atoms with Crippen molar-refractivity contribution in [2.24, 2.45) is 11.8 Å². The van der Waals surface area contributed by atoms with E-state index in [0.29, 0.717) is 18.6 Å². The quantitative estimate of drug-likeness (QED) is 0.364. The monoisotopic (exact) mass is 536 g/mol. The molecule has 0 bridgehead atoms. The van der Waals surface area contributed by atoms with E-state index in [0.717, 1.165) is 17.4 Å². The van der Waals surface area contributed by atoms with Crippen molar-refractivity contribution in [3.8, 4) is 0 Å². The number of amides is 1. The topological polar surface area (TPSA) is 104 Å². The Morgan fingerprint density at radius 1 is 0.972 bits per heavy atom. The third kappa shape index (κ3) is 10.9. The van der Waals surface area contributed by atoms with Crippen molar-refractivity contribution in [2.45, 2.75) is 45.8 Å². The van der Waals surface area contributed by atoms with Crippen molar-refractivity contribution < 1.29 is 22.5 Å². The zero-order chi connectivity index (χ0) is 26.7. The fourth-order valence-electron chi connectivity index (χ4n) is 3.88. The van der Waals surface area contributed by atoms with Crippen LogP contribution < -0.4 is 5.32 Å². The number of rotatable bonds is 15. The first kappa shape index (κ1) is 30.2. The van der Waals surface area contributed by atoms with Gasteiger partial charge < -0.3 is 10.4 Å². The Labute approximate surface area is 218 Å². The van der Waals surface area contributed by atoms with Crippen molar-refractivity contribution in [1.29, 1.82) is 0 Å². The van der Waals surface area contributed by atoms with E-state index in [2.05, 4.69) is 5.32 Å². The second-order valence-electron chi connectivity index (χ2n) is 9.79. The van der Waals surface area contributed by atoms with Gasteiger partial charge in [0.25, 0.3) is 0 Å². The highest BCUT2D eigenvalue weighted by atomic mass is 32.2. The normalized spacial score (nSPS) is 15.4. The third-order valence-electron chi connectivity index (χ3n) is 5.86. The van der Waals surface area contributed by atoms with Crippen LogP contribution in [-0.2, 0) is 38.5 Å². The van der Waals surface area contributed by atoms with Gasteiger partial charge in [0.2, 0.25) is 15.9 Å². The van der Waals surface area contributed by atoms with Crippen LogP contribution >= 0.6 is 0 Å². The number of aryl methyl sites for hydroxylation is 1. The number of hydrogen-bond donors (Lipinski definition) is 2. The highest BCUT2D eigenvalue weighted by Crippen LogP contribution is 2.13. The largest absolute Gasteiger partial charge is 0.390 e. The molecule has 2 aromatic carbocycles. The van der Waals surface area contributed by atoms with Crippen LogP contribution in [0.3, 0.4) is 0 Å². The van der Waals surface area contributed by atoms with Gasteiger partial charge in [0.1, 0.15) is 0 Å². The average molecular weight is 537 g/mol. The van der Waals surface area contributed by atoms with Crippen molar-refractivity contribution >= 4 is 26.7 Å². The summed E-state index contributed by atoms with van der Waals surface area (Å²) in [6.07, 6.45) is 1.03. The van der Waals surface area contributed by atoms with Gasteiger partial charge in [-0.25, -0.2) is 8.42 Å². The van der Waals surface area contributed by atoms with Gasteiger partial charge in [-0.2, -0.15) is 4.31 Å². The van der Waals surface area contributed by atoms with E-state index in [1.807, 2.05) is 74.5 Å². The molecular formula is C27H40N2O5S2. The summed E-state index contributed by atoms with van der Waals surface area (Å²) in [5.74, 6) is -0.0576. The van der Waals surface area contributed by atoms with Gasteiger partial charge in [0.15, 0.2) is 0 Å². The lowest BCUT2D eigenvalue weighted by Gasteiger charge is -2.30. The van der Waals surface area contributed by atoms with Crippen LogP contribution in [0.25, 0.3) is 0 Å². The summed E-state index contributed by atoms with van der Waals surface area (Å²) >= 11 is 0. The Morgan fingerprint density at radius 3 is 2.06 bits per heavy atom. The zero-order valence-corrected chi connectivity index (χ0v) is 23.3. The van der Waals surface area contributed by atoms with E-state index in [1.54, 1.807) is 6.92 Å². The number of carbonyl (C=O) groups excluding carboxylic acids is 1. The predicted molar refractivity (Wildman–Crippen MR) is 147 cm³/mol. The molecule has 2 rings (SSSR count). The number of sulfonamides is 1. The smallest absolute Gasteiger partial charge is 0.224 e. The number of hydrogen-bond acceptors (Lipinski definition) is 5. The molecule has 2 aromatic rings. The lowest BCUT2D eigenvalue weighted by atomic mass is 10.00. The molecule has 0 heterocycles. The van der Waals surface area contributed by atoms with Crippen molar-refractivity contribution in [3.05, 3.63) is 71.8 Å². The molecule has 0 aliphatic carbocycles. The number of aliphatic hydroxyl groups is 1. The Kier molecular flexibility index (Phi) is 12.2. The van der Waals surface area contributed by atoms with E-state index in [1.165, 1.54) is 4.31 Å². The third-order valence-corrected chi connectivity index (χ3v) is 8.63. The van der Waals surface area contributed by atoms with Gasteiger partial charge in [-0.3, -0.25) is 9.00 Å². The van der Waals surface area contributed by atoms with Crippen LogP contribution in [-0.4, -0.2) is 70.9 Å². The fourth-order valence-corrected chi connectivity index (χ4v) is 6.21. The van der Waals surface area contributed by atoms with Crippen LogP contribution in [0.4, 0.5) is 0 Å². The van der Waals surface area contributed by atoms with Gasteiger partial charge in [-0.1, -0.05) is 81.4 Å². The van der Waals surface area contributed by atoms with Gasteiger partial charge >= 0.3 is 0 Å². The molecule has 0 saturated heterocycles. The first-order valence-electron chi connectivity index (χ1n) is 12.3. The Bertz CT molecular complexity index is 1060. The maximum Gasteiger partial charge on any atom is 0.224 e. The van der Waals surface area contributed by atoms with E-state index in [9.17, 15) is 22.5 Å². The van der Waals surface area contributed by atoms with Crippen molar-refractivity contribution in [1.82, 2.24) is 9.62 Å². The van der Waals surface area contributed by atoms with E-state index in [-0.39, 0.29) is 30.7 Å². The van der Waals surface area contributed by atoms with Crippen molar-refractivity contribution in [2.75, 3.05) is 30.9 Å². The summed E-state index contributed by atoms with van der Waals surface area (Å²) in [4.78, 5) is 13.0. The Balaban J connectivity index is 2.06. The highest BCUT2D eigenvalue weighted by Gasteiger charge is 2.29. The second-order valence-corrected chi connectivity index (χ2v) is 13.4. The van der Waals surface area contributed by atoms with Crippen LogP contribution in [0.2, 0.25) is 0 Å². The molecule has 0 aromatic heterocycles. The number of carbonyl (C=O) groups is 1. The molecule has 36 heavy (non-hydrogen) atoms. The molecule has 2 N–H and O–H groups in total. The Morgan fingerprint density at radius 2 is 1.53 bits per heavy atom. The molecular weight excluding hydrogens is 496 g/mol. The lowest BCUT2D eigenvalue weighted by molar-refractivity contribution is -0.125. The maximum atomic E-state index is 13.0. The first-order chi connectivity index (χ1) is 17.0. The molecule has 0 spiro atoms. The molecule has 7 nitrogen and oxygen atoms in total. The van der Waals surface area contributed by atoms with E-state index in [4.69, 9.17) is 0 Å². The van der Waals surface area contributed by atoms with Gasteiger partial charge in [0, 0.05) is 41.3 Å². The molecule has 0 aliphatic heterocycles. The summed E-state index contributed by atoms with van der Waals surface area (Å²) in [7, 11) is -4.70. The summed E-state index contributed by atoms with van der Waals surface area (Å²) in [6, 6.07) is 18.5. The molecule has 200 valence electrons. The molecule has 0 saturated carbocycles. The molecule has 0 aliphatic rings. The zero-order valence-electron chi connectivity index (χ0n) is 21.7. The van der Waals surface area contributed by atoms with Crippen LogP contribution in [0, 0.1) is 11.8 Å². The van der Waals surface area contributed by atoms with Crippen LogP contribution in [0.15, 0.2) is 60.7 Å². The second kappa shape index (κ2) is 14.6. The summed E-state index contributed by atoms with van der Waals surface area (Å²) in [5, 5.41) is 14.0. The average Bonchev–Trinajstić information content (AvgIpc) is 2.82. The van der Waals surface area contributed by atoms with E-state index < -0.39 is 38.9 Å². The van der Waals surface area contributed by atoms with Crippen LogP contribution in [0.5, 0.6) is 0 Å². The van der Waals surface area contributed by atoms with Gasteiger partial charge in [0.05, 0.1) is 18.4 Å². The standard InChI is InChI=1S/C27H40N2O5S2/c1-21(2)18-29(36(4,33)34)19-26(30)25(17-24-13-9-6-10-14-24)28-27(31)22(3)20-35(32)16-15-23-11-7-5-8-12-23/h5-14,21-22,25-26,30H,15-20H2,1-4H3,(H,28,31). The predicted octanol–water partition coefficient (Wildman–Crippen LogP) is 2.62. The lowest BCUT2D eigenvalue weighted by Crippen LogP contribution is -2.52. The molecule has 1 amide bonds. The maximum absolute atomic E-state index is 13.0. The molecule has 0 radical (unpaired) electrons. The number of benzene rings is 2. The van der Waals surface area contributed by atoms with E-state index >= 15 is 0 Å².